The maximum absolute atomic E-state index is 5.93. The number of nitrogens with zero attached hydrogens (tertiary/aromatic N) is 1. The Hall–Kier alpha value is -0.770. The molecule has 0 saturated heterocycles. The van der Waals surface area contributed by atoms with Crippen LogP contribution in [0.2, 0.25) is 10.0 Å². The van der Waals surface area contributed by atoms with E-state index in [1.807, 2.05) is 0 Å². The van der Waals surface area contributed by atoms with Gasteiger partial charge >= 0.3 is 0 Å². The first-order valence-electron chi connectivity index (χ1n) is 3.77. The van der Waals surface area contributed by atoms with Crippen molar-refractivity contribution in [3.8, 4) is 11.6 Å². The number of aromatic nitrogens is 1. The molecular weight excluding hydrogens is 241 g/mol. The Morgan fingerprint density at radius 3 is 2.86 bits per heavy atom. The lowest BCUT2D eigenvalue weighted by molar-refractivity contribution is 0.467. The molecule has 0 bridgehead atoms. The molecule has 0 aliphatic rings. The van der Waals surface area contributed by atoms with Crippen LogP contribution in [-0.4, -0.2) is 4.98 Å². The van der Waals surface area contributed by atoms with Gasteiger partial charge in [-0.15, -0.1) is 11.3 Å². The lowest BCUT2D eigenvalue weighted by Crippen LogP contribution is -1.84. The van der Waals surface area contributed by atoms with E-state index >= 15 is 0 Å². The molecule has 1 aromatic carbocycles. The van der Waals surface area contributed by atoms with Crippen molar-refractivity contribution in [2.45, 2.75) is 0 Å². The first-order valence-corrected chi connectivity index (χ1v) is 5.47. The fourth-order valence-corrected chi connectivity index (χ4v) is 1.71. The molecule has 72 valence electrons. The third kappa shape index (κ3) is 2.00. The van der Waals surface area contributed by atoms with Crippen LogP contribution in [0.25, 0.3) is 0 Å². The predicted octanol–water partition coefficient (Wildman–Crippen LogP) is 4.24. The Bertz CT molecular complexity index is 430. The number of benzene rings is 1. The summed E-state index contributed by atoms with van der Waals surface area (Å²) < 4.78 is 5.41. The van der Waals surface area contributed by atoms with Crippen LogP contribution in [0.15, 0.2) is 29.1 Å². The van der Waals surface area contributed by atoms with E-state index in [9.17, 15) is 0 Å². The van der Waals surface area contributed by atoms with Gasteiger partial charge in [-0.05, 0) is 12.1 Å². The molecule has 5 heteroatoms. The third-order valence-corrected chi connectivity index (χ3v) is 2.91. The van der Waals surface area contributed by atoms with E-state index in [2.05, 4.69) is 4.98 Å². The van der Waals surface area contributed by atoms with E-state index in [0.717, 1.165) is 0 Å². The van der Waals surface area contributed by atoms with Crippen molar-refractivity contribution in [1.82, 2.24) is 4.98 Å². The molecule has 2 rings (SSSR count). The smallest absolute Gasteiger partial charge is 0.230 e. The summed E-state index contributed by atoms with van der Waals surface area (Å²) in [5, 5.41) is 2.67. The van der Waals surface area contributed by atoms with E-state index < -0.39 is 0 Å². The van der Waals surface area contributed by atoms with Crippen LogP contribution in [0.3, 0.4) is 0 Å². The van der Waals surface area contributed by atoms with Crippen molar-refractivity contribution in [2.75, 3.05) is 0 Å². The standard InChI is InChI=1S/C9H5Cl2NOS/c10-6-2-1-3-7(9(6)11)13-8-4-14-5-12-8/h1-5H. The summed E-state index contributed by atoms with van der Waals surface area (Å²) in [7, 11) is 0. The molecule has 1 heterocycles. The summed E-state index contributed by atoms with van der Waals surface area (Å²) in [4.78, 5) is 3.98. The fraction of sp³-hybridized carbons (Fsp3) is 0. The molecular formula is C9H5Cl2NOS. The van der Waals surface area contributed by atoms with Crippen molar-refractivity contribution in [3.63, 3.8) is 0 Å². The second kappa shape index (κ2) is 4.17. The Balaban J connectivity index is 2.29. The molecule has 0 aliphatic carbocycles. The highest BCUT2D eigenvalue weighted by atomic mass is 35.5. The van der Waals surface area contributed by atoms with Gasteiger partial charge in [0.2, 0.25) is 5.88 Å². The third-order valence-electron chi connectivity index (χ3n) is 1.54. The van der Waals surface area contributed by atoms with Crippen molar-refractivity contribution in [2.24, 2.45) is 0 Å². The number of ether oxygens (including phenoxy) is 1. The molecule has 0 unspecified atom stereocenters. The average Bonchev–Trinajstić information content (AvgIpc) is 2.66. The van der Waals surface area contributed by atoms with Crippen LogP contribution in [0.5, 0.6) is 11.6 Å². The minimum Gasteiger partial charge on any atom is -0.437 e. The topological polar surface area (TPSA) is 22.1 Å². The number of halogens is 2. The van der Waals surface area contributed by atoms with Crippen LogP contribution in [0.4, 0.5) is 0 Å². The van der Waals surface area contributed by atoms with E-state index in [4.69, 9.17) is 27.9 Å². The number of hydrogen-bond donors (Lipinski definition) is 0. The lowest BCUT2D eigenvalue weighted by Gasteiger charge is -2.04. The molecule has 0 atom stereocenters. The van der Waals surface area contributed by atoms with Gasteiger partial charge in [-0.25, -0.2) is 4.98 Å². The second-order valence-corrected chi connectivity index (χ2v) is 3.98. The first-order chi connectivity index (χ1) is 6.77. The summed E-state index contributed by atoms with van der Waals surface area (Å²) in [6, 6.07) is 5.22. The van der Waals surface area contributed by atoms with E-state index in [0.29, 0.717) is 21.7 Å². The number of thiazole rings is 1. The van der Waals surface area contributed by atoms with E-state index in [-0.39, 0.29) is 0 Å². The first kappa shape index (κ1) is 9.77. The molecule has 0 radical (unpaired) electrons. The molecule has 0 fully saturated rings. The highest BCUT2D eigenvalue weighted by molar-refractivity contribution is 7.07. The maximum atomic E-state index is 5.93. The molecule has 1 aromatic heterocycles. The zero-order chi connectivity index (χ0) is 9.97. The summed E-state index contributed by atoms with van der Waals surface area (Å²) in [5.41, 5.74) is 1.69. The summed E-state index contributed by atoms with van der Waals surface area (Å²) in [6.45, 7) is 0. The molecule has 0 spiro atoms. The Morgan fingerprint density at radius 1 is 1.29 bits per heavy atom. The van der Waals surface area contributed by atoms with Gasteiger partial charge in [0, 0.05) is 0 Å². The Labute approximate surface area is 95.1 Å². The zero-order valence-corrected chi connectivity index (χ0v) is 9.23. The molecule has 0 aliphatic heterocycles. The van der Waals surface area contributed by atoms with Gasteiger partial charge in [-0.3, -0.25) is 0 Å². The van der Waals surface area contributed by atoms with Crippen molar-refractivity contribution in [3.05, 3.63) is 39.1 Å². The molecule has 2 nitrogen and oxygen atoms in total. The maximum Gasteiger partial charge on any atom is 0.230 e. The SMILES string of the molecule is Clc1cccc(Oc2cscn2)c1Cl. The van der Waals surface area contributed by atoms with Crippen LogP contribution < -0.4 is 4.74 Å². The highest BCUT2D eigenvalue weighted by Crippen LogP contribution is 2.34. The van der Waals surface area contributed by atoms with Crippen LogP contribution in [0, 0.1) is 0 Å². The normalized spacial score (nSPS) is 10.1. The second-order valence-electron chi connectivity index (χ2n) is 2.48. The lowest BCUT2D eigenvalue weighted by atomic mass is 10.3. The number of hydrogen-bond acceptors (Lipinski definition) is 3. The van der Waals surface area contributed by atoms with Crippen LogP contribution in [-0.2, 0) is 0 Å². The van der Waals surface area contributed by atoms with Gasteiger partial charge in [-0.2, -0.15) is 0 Å². The minimum absolute atomic E-state index is 0.405. The average molecular weight is 246 g/mol. The van der Waals surface area contributed by atoms with Crippen molar-refractivity contribution in [1.29, 1.82) is 0 Å². The van der Waals surface area contributed by atoms with E-state index in [1.54, 1.807) is 29.1 Å². The molecule has 0 N–H and O–H groups in total. The fourth-order valence-electron chi connectivity index (χ4n) is 0.927. The van der Waals surface area contributed by atoms with Gasteiger partial charge < -0.3 is 4.74 Å². The van der Waals surface area contributed by atoms with Gasteiger partial charge in [0.05, 0.1) is 15.9 Å². The summed E-state index contributed by atoms with van der Waals surface area (Å²) in [6.07, 6.45) is 0. The molecule has 14 heavy (non-hydrogen) atoms. The van der Waals surface area contributed by atoms with E-state index in [1.165, 1.54) is 11.3 Å². The Kier molecular flexibility index (Phi) is 2.91. The van der Waals surface area contributed by atoms with Crippen molar-refractivity contribution < 1.29 is 4.74 Å². The largest absolute Gasteiger partial charge is 0.437 e. The molecule has 2 aromatic rings. The zero-order valence-electron chi connectivity index (χ0n) is 6.91. The van der Waals surface area contributed by atoms with Crippen LogP contribution in [0.1, 0.15) is 0 Å². The summed E-state index contributed by atoms with van der Waals surface area (Å²) in [5.74, 6) is 1.05. The Morgan fingerprint density at radius 2 is 2.14 bits per heavy atom. The number of rotatable bonds is 2. The van der Waals surface area contributed by atoms with Crippen LogP contribution >= 0.6 is 34.5 Å². The van der Waals surface area contributed by atoms with Gasteiger partial charge in [-0.1, -0.05) is 29.3 Å². The molecule has 0 amide bonds. The van der Waals surface area contributed by atoms with Gasteiger partial charge in [0.15, 0.2) is 0 Å². The quantitative estimate of drug-likeness (QED) is 0.790. The summed E-state index contributed by atoms with van der Waals surface area (Å²) >= 11 is 13.2. The molecule has 0 saturated carbocycles. The monoisotopic (exact) mass is 245 g/mol. The minimum atomic E-state index is 0.405. The highest BCUT2D eigenvalue weighted by Gasteiger charge is 2.06. The van der Waals surface area contributed by atoms with Gasteiger partial charge in [0.25, 0.3) is 0 Å². The van der Waals surface area contributed by atoms with Crippen molar-refractivity contribution >= 4 is 34.5 Å². The predicted molar refractivity (Wildman–Crippen MR) is 58.7 cm³/mol. The van der Waals surface area contributed by atoms with Gasteiger partial charge in [0.1, 0.15) is 10.8 Å².